The fraction of sp³-hybridized carbons (Fsp3) is 0.333. The normalized spacial score (nSPS) is 11.6. The Kier molecular flexibility index (Phi) is 9.12. The number of hydrogen-bond donors (Lipinski definition) is 3. The molecule has 0 bridgehead atoms. The molecule has 35 heavy (non-hydrogen) atoms. The van der Waals surface area contributed by atoms with E-state index in [-0.39, 0.29) is 30.3 Å². The second kappa shape index (κ2) is 12.0. The highest BCUT2D eigenvalue weighted by molar-refractivity contribution is 5.92. The zero-order chi connectivity index (χ0) is 26.1. The van der Waals surface area contributed by atoms with Crippen LogP contribution in [0.2, 0.25) is 0 Å². The molecule has 184 valence electrons. The van der Waals surface area contributed by atoms with E-state index in [1.807, 2.05) is 6.07 Å². The number of benzene rings is 2. The molecule has 2 aromatic carbocycles. The molecule has 0 aliphatic rings. The number of nitro groups is 2. The van der Waals surface area contributed by atoms with Gasteiger partial charge in [-0.2, -0.15) is 5.26 Å². The van der Waals surface area contributed by atoms with Crippen LogP contribution in [0, 0.1) is 31.6 Å². The predicted molar refractivity (Wildman–Crippen MR) is 122 cm³/mol. The Morgan fingerprint density at radius 3 is 2.46 bits per heavy atom. The number of carbonyl (C=O) groups is 1. The molecule has 2 aromatic rings. The fourth-order valence-electron chi connectivity index (χ4n) is 3.34. The number of aliphatic hydroxyl groups excluding tert-OH is 1. The van der Waals surface area contributed by atoms with Crippen LogP contribution < -0.4 is 10.1 Å². The number of nitro benzene ring substituents is 2. The summed E-state index contributed by atoms with van der Waals surface area (Å²) < 4.78 is 5.42. The van der Waals surface area contributed by atoms with Gasteiger partial charge in [-0.1, -0.05) is 0 Å². The fourth-order valence-corrected chi connectivity index (χ4v) is 3.34. The van der Waals surface area contributed by atoms with Crippen molar-refractivity contribution in [3.05, 3.63) is 50.1 Å². The van der Waals surface area contributed by atoms with Crippen LogP contribution in [0.4, 0.5) is 28.4 Å². The van der Waals surface area contributed by atoms with E-state index in [9.17, 15) is 35.2 Å². The first kappa shape index (κ1) is 26.6. The summed E-state index contributed by atoms with van der Waals surface area (Å²) in [6.07, 6.45) is 0.950. The van der Waals surface area contributed by atoms with Gasteiger partial charge < -0.3 is 20.3 Å². The number of nitriles is 1. The summed E-state index contributed by atoms with van der Waals surface area (Å²) in [7, 11) is 1.38. The van der Waals surface area contributed by atoms with Crippen molar-refractivity contribution in [2.24, 2.45) is 10.2 Å². The van der Waals surface area contributed by atoms with Crippen LogP contribution in [0.1, 0.15) is 37.7 Å². The molecule has 3 N–H and O–H groups in total. The highest BCUT2D eigenvalue weighted by atomic mass is 16.6. The van der Waals surface area contributed by atoms with Crippen LogP contribution >= 0.6 is 0 Å². The van der Waals surface area contributed by atoms with Crippen molar-refractivity contribution < 1.29 is 29.6 Å². The van der Waals surface area contributed by atoms with Gasteiger partial charge in [0, 0.05) is 26.0 Å². The molecule has 0 radical (unpaired) electrons. The lowest BCUT2D eigenvalue weighted by Gasteiger charge is -2.20. The largest absolute Gasteiger partial charge is 0.505 e. The van der Waals surface area contributed by atoms with Crippen molar-refractivity contribution in [1.29, 1.82) is 5.26 Å². The third kappa shape index (κ3) is 6.68. The van der Waals surface area contributed by atoms with Crippen molar-refractivity contribution in [3.63, 3.8) is 0 Å². The Morgan fingerprint density at radius 1 is 1.20 bits per heavy atom. The molecule has 2 rings (SSSR count). The van der Waals surface area contributed by atoms with Crippen LogP contribution in [-0.2, 0) is 4.79 Å². The zero-order valence-corrected chi connectivity index (χ0v) is 18.8. The number of amides is 1. The second-order valence-electron chi connectivity index (χ2n) is 7.25. The summed E-state index contributed by atoms with van der Waals surface area (Å²) in [5.41, 5.74) is -1.42. The lowest BCUT2D eigenvalue weighted by Crippen LogP contribution is -2.09. The molecule has 0 aliphatic heterocycles. The molecular formula is C21H22N6O8. The minimum absolute atomic E-state index is 0.0101. The summed E-state index contributed by atoms with van der Waals surface area (Å²) in [5, 5.41) is 61.1. The summed E-state index contributed by atoms with van der Waals surface area (Å²) >= 11 is 0. The quantitative estimate of drug-likeness (QED) is 0.233. The predicted octanol–water partition coefficient (Wildman–Crippen LogP) is 4.36. The average molecular weight is 486 g/mol. The first-order valence-corrected chi connectivity index (χ1v) is 10.2. The first-order chi connectivity index (χ1) is 16.6. The third-order valence-electron chi connectivity index (χ3n) is 4.90. The number of nitrogens with zero attached hydrogens (tertiary/aromatic N) is 5. The van der Waals surface area contributed by atoms with Gasteiger partial charge in [-0.15, -0.1) is 10.2 Å². The summed E-state index contributed by atoms with van der Waals surface area (Å²) in [6, 6.07) is 6.32. The lowest BCUT2D eigenvalue weighted by molar-refractivity contribution is -0.393. The number of azo groups is 1. The van der Waals surface area contributed by atoms with Crippen LogP contribution in [0.15, 0.2) is 34.5 Å². The third-order valence-corrected chi connectivity index (χ3v) is 4.90. The van der Waals surface area contributed by atoms with Crippen molar-refractivity contribution >= 4 is 34.3 Å². The molecule has 14 nitrogen and oxygen atoms in total. The van der Waals surface area contributed by atoms with E-state index >= 15 is 0 Å². The molecular weight excluding hydrogens is 464 g/mol. The van der Waals surface area contributed by atoms with Gasteiger partial charge in [0.05, 0.1) is 40.8 Å². The maximum absolute atomic E-state index is 11.8. The molecule has 0 saturated carbocycles. The highest BCUT2D eigenvalue weighted by Crippen LogP contribution is 2.43. The van der Waals surface area contributed by atoms with Crippen molar-refractivity contribution in [3.8, 4) is 17.6 Å². The van der Waals surface area contributed by atoms with E-state index in [0.717, 1.165) is 0 Å². The van der Waals surface area contributed by atoms with Crippen molar-refractivity contribution in [2.45, 2.75) is 32.1 Å². The number of hydrogen-bond acceptors (Lipinski definition) is 11. The van der Waals surface area contributed by atoms with Crippen molar-refractivity contribution in [2.75, 3.05) is 19.0 Å². The number of aliphatic hydroxyl groups is 1. The Morgan fingerprint density at radius 2 is 1.91 bits per heavy atom. The molecule has 0 saturated heterocycles. The summed E-state index contributed by atoms with van der Waals surface area (Å²) in [4.78, 5) is 32.3. The van der Waals surface area contributed by atoms with Gasteiger partial charge in [-0.3, -0.25) is 25.0 Å². The number of phenolic OH excluding ortho intramolecular Hbond substituents is 1. The van der Waals surface area contributed by atoms with E-state index in [0.29, 0.717) is 36.3 Å². The van der Waals surface area contributed by atoms with Crippen LogP contribution in [0.5, 0.6) is 11.5 Å². The Bertz CT molecular complexity index is 1210. The molecule has 0 aliphatic carbocycles. The number of carbonyl (C=O) groups excluding carboxylic acids is 1. The summed E-state index contributed by atoms with van der Waals surface area (Å²) in [5.74, 6) is -1.28. The zero-order valence-electron chi connectivity index (χ0n) is 18.8. The first-order valence-electron chi connectivity index (χ1n) is 10.2. The molecule has 1 unspecified atom stereocenters. The number of anilines is 1. The number of non-ortho nitro benzene ring substituents is 1. The van der Waals surface area contributed by atoms with Crippen LogP contribution in [-0.4, -0.2) is 39.7 Å². The van der Waals surface area contributed by atoms with Gasteiger partial charge in [0.2, 0.25) is 11.6 Å². The average Bonchev–Trinajstić information content (AvgIpc) is 2.80. The van der Waals surface area contributed by atoms with Crippen LogP contribution in [0.25, 0.3) is 0 Å². The number of aromatic hydroxyl groups is 1. The van der Waals surface area contributed by atoms with Crippen molar-refractivity contribution in [1.82, 2.24) is 0 Å². The standard InChI is InChI=1S/C21H22N6O8/c1-12(29)23-16-10-15(13(5-7-28)4-3-6-22)20(35-2)11-17(16)24-25-21-18(27(33)34)8-14(26(31)32)9-19(21)30/h8-11,13,28,30H,3-5,7H2,1-2H3,(H,23,29). The van der Waals surface area contributed by atoms with E-state index in [1.165, 1.54) is 26.2 Å². The topological polar surface area (TPSA) is 214 Å². The number of phenols is 1. The van der Waals surface area contributed by atoms with Gasteiger partial charge in [0.25, 0.3) is 5.69 Å². The SMILES string of the molecule is COc1cc(N=Nc2c(O)cc([N+](=O)[O-])cc2[N+](=O)[O-])c(NC(C)=O)cc1C(CCO)CCC#N. The minimum atomic E-state index is -0.950. The van der Waals surface area contributed by atoms with E-state index in [4.69, 9.17) is 10.00 Å². The Balaban J connectivity index is 2.66. The lowest BCUT2D eigenvalue weighted by atomic mass is 9.90. The number of nitrogens with one attached hydrogen (secondary N) is 1. The Hall–Kier alpha value is -4.64. The van der Waals surface area contributed by atoms with E-state index < -0.39 is 38.6 Å². The van der Waals surface area contributed by atoms with Gasteiger partial charge in [-0.25, -0.2) is 0 Å². The molecule has 0 spiro atoms. The monoisotopic (exact) mass is 486 g/mol. The number of methoxy groups -OCH3 is 1. The van der Waals surface area contributed by atoms with Crippen LogP contribution in [0.3, 0.4) is 0 Å². The number of ether oxygens (including phenoxy) is 1. The molecule has 1 amide bonds. The molecule has 0 aromatic heterocycles. The van der Waals surface area contributed by atoms with Gasteiger partial charge in [0.1, 0.15) is 11.4 Å². The maximum atomic E-state index is 11.8. The minimum Gasteiger partial charge on any atom is -0.505 e. The summed E-state index contributed by atoms with van der Waals surface area (Å²) in [6.45, 7) is 1.10. The van der Waals surface area contributed by atoms with Gasteiger partial charge in [-0.05, 0) is 30.4 Å². The molecule has 1 atom stereocenters. The van der Waals surface area contributed by atoms with Gasteiger partial charge in [0.15, 0.2) is 5.75 Å². The second-order valence-corrected chi connectivity index (χ2v) is 7.25. The van der Waals surface area contributed by atoms with E-state index in [1.54, 1.807) is 0 Å². The Labute approximate surface area is 198 Å². The maximum Gasteiger partial charge on any atom is 0.307 e. The van der Waals surface area contributed by atoms with E-state index in [2.05, 4.69) is 15.5 Å². The molecule has 0 fully saturated rings. The van der Waals surface area contributed by atoms with Gasteiger partial charge >= 0.3 is 5.69 Å². The molecule has 0 heterocycles. The molecule has 14 heteroatoms. The smallest absolute Gasteiger partial charge is 0.307 e. The number of rotatable bonds is 11. The highest BCUT2D eigenvalue weighted by Gasteiger charge is 2.25.